The van der Waals surface area contributed by atoms with Crippen molar-refractivity contribution in [3.63, 3.8) is 0 Å². The van der Waals surface area contributed by atoms with Gasteiger partial charge in [-0.15, -0.1) is 24.2 Å². The van der Waals surface area contributed by atoms with Crippen molar-refractivity contribution >= 4 is 47.4 Å². The van der Waals surface area contributed by atoms with E-state index in [1.165, 1.54) is 7.11 Å². The average Bonchev–Trinajstić information content (AvgIpc) is 2.38. The van der Waals surface area contributed by atoms with Crippen molar-refractivity contribution < 1.29 is 18.3 Å². The summed E-state index contributed by atoms with van der Waals surface area (Å²) in [6, 6.07) is 3.93. The van der Waals surface area contributed by atoms with Crippen LogP contribution < -0.4 is 11.1 Å². The Kier molecular flexibility index (Phi) is 9.89. The second-order valence-corrected chi connectivity index (χ2v) is 5.31. The van der Waals surface area contributed by atoms with E-state index in [4.69, 9.17) is 22.1 Å². The molecule has 1 aromatic rings. The monoisotopic (exact) mass is 360 g/mol. The second-order valence-electron chi connectivity index (χ2n) is 3.87. The number of hydrogen-bond donors (Lipinski definition) is 2. The van der Waals surface area contributed by atoms with Gasteiger partial charge in [-0.1, -0.05) is 17.7 Å². The number of anilines is 1. The molecule has 0 spiro atoms. The number of rotatable bonds is 7. The number of nitrogens with two attached hydrogens (primary N) is 1. The highest BCUT2D eigenvalue weighted by atomic mass is 35.5. The smallest absolute Gasteiger partial charge is 0.247 e. The average molecular weight is 361 g/mol. The highest BCUT2D eigenvalue weighted by molar-refractivity contribution is 7.99. The number of ether oxygens (including phenoxy) is 1. The molecule has 21 heavy (non-hydrogen) atoms. The number of thioether (sulfide) groups is 1. The molecule has 0 saturated carbocycles. The van der Waals surface area contributed by atoms with E-state index in [-0.39, 0.29) is 19.0 Å². The lowest BCUT2D eigenvalue weighted by molar-refractivity contribution is -0.118. The predicted octanol–water partition coefficient (Wildman–Crippen LogP) is 3.03. The fraction of sp³-hybridized carbons (Fsp3) is 0.417. The molecule has 0 aliphatic rings. The molecular weight excluding hydrogens is 345 g/mol. The van der Waals surface area contributed by atoms with Gasteiger partial charge in [-0.3, -0.25) is 4.79 Å². The van der Waals surface area contributed by atoms with Crippen molar-refractivity contribution in [1.82, 2.24) is 0 Å². The van der Waals surface area contributed by atoms with Crippen LogP contribution in [0, 0.1) is 0 Å². The van der Waals surface area contributed by atoms with Gasteiger partial charge in [0.15, 0.2) is 0 Å². The highest BCUT2D eigenvalue weighted by Gasteiger charge is 2.17. The normalized spacial score (nSPS) is 11.9. The van der Waals surface area contributed by atoms with E-state index in [1.807, 2.05) is 0 Å². The van der Waals surface area contributed by atoms with Gasteiger partial charge in [0, 0.05) is 12.0 Å². The topological polar surface area (TPSA) is 64.3 Å². The Morgan fingerprint density at radius 1 is 1.52 bits per heavy atom. The minimum absolute atomic E-state index is 0. The molecule has 0 aliphatic heterocycles. The first-order valence-corrected chi connectivity index (χ1v) is 7.07. The lowest BCUT2D eigenvalue weighted by atomic mass is 10.2. The number of hydrogen-bond acceptors (Lipinski definition) is 4. The Bertz CT molecular complexity index is 467. The van der Waals surface area contributed by atoms with E-state index in [9.17, 15) is 13.6 Å². The van der Waals surface area contributed by atoms with E-state index < -0.39 is 24.1 Å². The number of halogens is 4. The lowest BCUT2D eigenvalue weighted by Gasteiger charge is -2.15. The summed E-state index contributed by atoms with van der Waals surface area (Å²) < 4.78 is 29.4. The minimum Gasteiger partial charge on any atom is -0.383 e. The maximum absolute atomic E-state index is 12.3. The number of benzene rings is 1. The van der Waals surface area contributed by atoms with Crippen LogP contribution in [-0.4, -0.2) is 37.8 Å². The summed E-state index contributed by atoms with van der Waals surface area (Å²) >= 11 is 6.84. The molecule has 0 heterocycles. The molecule has 0 aliphatic carbocycles. The maximum atomic E-state index is 12.3. The number of methoxy groups -OCH3 is 1. The summed E-state index contributed by atoms with van der Waals surface area (Å²) in [5.74, 6) is -0.871. The zero-order valence-electron chi connectivity index (χ0n) is 11.1. The molecule has 1 rings (SSSR count). The maximum Gasteiger partial charge on any atom is 0.247 e. The van der Waals surface area contributed by atoms with Gasteiger partial charge in [-0.2, -0.15) is 0 Å². The number of nitrogens with one attached hydrogen (secondary N) is 1. The van der Waals surface area contributed by atoms with E-state index in [0.717, 1.165) is 11.8 Å². The first-order chi connectivity index (χ1) is 9.45. The Balaban J connectivity index is 0.00000400. The Morgan fingerprint density at radius 3 is 2.76 bits per heavy atom. The van der Waals surface area contributed by atoms with Gasteiger partial charge in [-0.05, 0) is 12.1 Å². The van der Waals surface area contributed by atoms with Crippen LogP contribution in [0.2, 0.25) is 5.02 Å². The van der Waals surface area contributed by atoms with Crippen molar-refractivity contribution in [2.45, 2.75) is 17.4 Å². The van der Waals surface area contributed by atoms with E-state index >= 15 is 0 Å². The SMILES string of the molecule is COCC(N)C(=O)Nc1cccc(Cl)c1SCC(F)F.Cl. The van der Waals surface area contributed by atoms with E-state index in [0.29, 0.717) is 15.6 Å². The van der Waals surface area contributed by atoms with Crippen molar-refractivity contribution in [2.75, 3.05) is 24.8 Å². The van der Waals surface area contributed by atoms with Crippen molar-refractivity contribution in [1.29, 1.82) is 0 Å². The quantitative estimate of drug-likeness (QED) is 0.733. The first kappa shape index (κ1) is 20.4. The zero-order chi connectivity index (χ0) is 15.1. The fourth-order valence-corrected chi connectivity index (χ4v) is 2.49. The molecule has 1 amide bonds. The summed E-state index contributed by atoms with van der Waals surface area (Å²) in [6.07, 6.45) is -2.46. The van der Waals surface area contributed by atoms with Crippen LogP contribution in [0.5, 0.6) is 0 Å². The Hall–Kier alpha value is -0.600. The van der Waals surface area contributed by atoms with Crippen LogP contribution >= 0.6 is 35.8 Å². The van der Waals surface area contributed by atoms with Crippen LogP contribution in [0.3, 0.4) is 0 Å². The minimum atomic E-state index is -2.46. The largest absolute Gasteiger partial charge is 0.383 e. The van der Waals surface area contributed by atoms with Crippen LogP contribution in [0.25, 0.3) is 0 Å². The molecule has 3 N–H and O–H groups in total. The molecule has 120 valence electrons. The molecular formula is C12H16Cl2F2N2O2S. The van der Waals surface area contributed by atoms with Gasteiger partial charge in [0.25, 0.3) is 0 Å². The molecule has 9 heteroatoms. The van der Waals surface area contributed by atoms with Crippen molar-refractivity contribution in [2.24, 2.45) is 5.73 Å². The number of alkyl halides is 2. The highest BCUT2D eigenvalue weighted by Crippen LogP contribution is 2.35. The molecule has 0 saturated heterocycles. The first-order valence-electron chi connectivity index (χ1n) is 5.70. The van der Waals surface area contributed by atoms with Gasteiger partial charge in [0.05, 0.1) is 23.1 Å². The molecule has 0 radical (unpaired) electrons. The lowest BCUT2D eigenvalue weighted by Crippen LogP contribution is -2.39. The van der Waals surface area contributed by atoms with E-state index in [1.54, 1.807) is 18.2 Å². The van der Waals surface area contributed by atoms with Crippen LogP contribution in [0.1, 0.15) is 0 Å². The van der Waals surface area contributed by atoms with Crippen molar-refractivity contribution in [3.05, 3.63) is 23.2 Å². The van der Waals surface area contributed by atoms with Crippen molar-refractivity contribution in [3.8, 4) is 0 Å². The predicted molar refractivity (Wildman–Crippen MR) is 83.9 cm³/mol. The second kappa shape index (κ2) is 10.2. The molecule has 1 unspecified atom stereocenters. The number of carbonyl (C=O) groups is 1. The molecule has 0 aromatic heterocycles. The summed E-state index contributed by atoms with van der Waals surface area (Å²) in [7, 11) is 1.43. The third-order valence-corrected chi connectivity index (χ3v) is 3.84. The summed E-state index contributed by atoms with van der Waals surface area (Å²) in [6.45, 7) is 0.0614. The molecule has 0 fully saturated rings. The van der Waals surface area contributed by atoms with Crippen LogP contribution in [-0.2, 0) is 9.53 Å². The molecule has 1 atom stereocenters. The molecule has 4 nitrogen and oxygen atoms in total. The number of amides is 1. The Labute approximate surface area is 137 Å². The fourth-order valence-electron chi connectivity index (χ4n) is 1.38. The van der Waals surface area contributed by atoms with Gasteiger partial charge >= 0.3 is 0 Å². The van der Waals surface area contributed by atoms with Gasteiger partial charge in [-0.25, -0.2) is 8.78 Å². The third-order valence-electron chi connectivity index (χ3n) is 2.26. The molecule has 0 bridgehead atoms. The summed E-state index contributed by atoms with van der Waals surface area (Å²) in [5, 5.41) is 2.87. The van der Waals surface area contributed by atoms with Crippen LogP contribution in [0.4, 0.5) is 14.5 Å². The zero-order valence-corrected chi connectivity index (χ0v) is 13.5. The molecule has 1 aromatic carbocycles. The summed E-state index contributed by atoms with van der Waals surface area (Å²) in [5.41, 5.74) is 5.95. The van der Waals surface area contributed by atoms with Gasteiger partial charge in [0.1, 0.15) is 6.04 Å². The number of carbonyl (C=O) groups excluding carboxylic acids is 1. The summed E-state index contributed by atoms with van der Waals surface area (Å²) in [4.78, 5) is 12.2. The third kappa shape index (κ3) is 6.80. The van der Waals surface area contributed by atoms with E-state index in [2.05, 4.69) is 5.32 Å². The Morgan fingerprint density at radius 2 is 2.19 bits per heavy atom. The van der Waals surface area contributed by atoms with Gasteiger partial charge in [0.2, 0.25) is 12.3 Å². The van der Waals surface area contributed by atoms with Gasteiger partial charge < -0.3 is 15.8 Å². The standard InChI is InChI=1S/C12H15ClF2N2O2S.ClH/c1-19-5-8(16)12(18)17-9-4-2-3-7(13)11(9)20-6-10(14)15;/h2-4,8,10H,5-6,16H2,1H3,(H,17,18);1H. The van der Waals surface area contributed by atoms with Crippen LogP contribution in [0.15, 0.2) is 23.1 Å².